The zero-order valence-corrected chi connectivity index (χ0v) is 15.5. The van der Waals surface area contributed by atoms with Gasteiger partial charge in [-0.25, -0.2) is 9.07 Å². The number of carbonyl (C=O) groups is 1. The molecule has 1 unspecified atom stereocenters. The molecule has 0 saturated heterocycles. The highest BCUT2D eigenvalue weighted by atomic mass is 79.9. The molecule has 0 radical (unpaired) electrons. The molecule has 1 aliphatic rings. The van der Waals surface area contributed by atoms with Crippen LogP contribution in [0.5, 0.6) is 0 Å². The Bertz CT molecular complexity index is 734. The molecule has 1 amide bonds. The first-order valence-corrected chi connectivity index (χ1v) is 9.42. The van der Waals surface area contributed by atoms with Crippen molar-refractivity contribution in [1.29, 1.82) is 0 Å². The lowest BCUT2D eigenvalue weighted by Gasteiger charge is -2.14. The van der Waals surface area contributed by atoms with Gasteiger partial charge in [0.2, 0.25) is 11.1 Å². The lowest BCUT2D eigenvalue weighted by molar-refractivity contribution is -0.115. The number of hydrogen-bond acceptors (Lipinski definition) is 5. The third-order valence-electron chi connectivity index (χ3n) is 3.97. The summed E-state index contributed by atoms with van der Waals surface area (Å²) in [6.07, 6.45) is 4.47. The first kappa shape index (κ1) is 17.3. The first-order valence-electron chi connectivity index (χ1n) is 7.75. The van der Waals surface area contributed by atoms with Gasteiger partial charge in [-0.15, -0.1) is 5.10 Å². The van der Waals surface area contributed by atoms with Gasteiger partial charge in [0.05, 0.1) is 17.0 Å². The van der Waals surface area contributed by atoms with E-state index in [-0.39, 0.29) is 11.6 Å². The van der Waals surface area contributed by atoms with Crippen LogP contribution in [0.25, 0.3) is 0 Å². The number of nitrogens with zero attached hydrogens (tertiary/aromatic N) is 4. The second-order valence-corrected chi connectivity index (χ2v) is 7.94. The van der Waals surface area contributed by atoms with Crippen LogP contribution in [0.2, 0.25) is 0 Å². The van der Waals surface area contributed by atoms with Crippen molar-refractivity contribution < 1.29 is 9.18 Å². The summed E-state index contributed by atoms with van der Waals surface area (Å²) >= 11 is 4.47. The van der Waals surface area contributed by atoms with E-state index in [1.54, 1.807) is 13.0 Å². The van der Waals surface area contributed by atoms with Gasteiger partial charge in [-0.1, -0.05) is 40.5 Å². The average molecular weight is 414 g/mol. The van der Waals surface area contributed by atoms with Crippen molar-refractivity contribution in [3.63, 3.8) is 0 Å². The van der Waals surface area contributed by atoms with Crippen LogP contribution in [0.4, 0.5) is 10.1 Å². The molecule has 1 atom stereocenters. The number of amides is 1. The monoisotopic (exact) mass is 413 g/mol. The van der Waals surface area contributed by atoms with E-state index in [4.69, 9.17) is 0 Å². The SMILES string of the molecule is CC(Sc1nnnn1C1CCCC1)C(=O)Nc1ccc(Br)cc1F. The van der Waals surface area contributed by atoms with Crippen LogP contribution in [0.1, 0.15) is 38.6 Å². The molecule has 128 valence electrons. The molecule has 0 spiro atoms. The molecule has 9 heteroatoms. The van der Waals surface area contributed by atoms with Crippen molar-refractivity contribution in [1.82, 2.24) is 20.2 Å². The molecule has 0 aliphatic heterocycles. The zero-order valence-electron chi connectivity index (χ0n) is 13.1. The molecule has 2 aromatic rings. The Morgan fingerprint density at radius 2 is 2.21 bits per heavy atom. The molecule has 1 saturated carbocycles. The maximum Gasteiger partial charge on any atom is 0.237 e. The lowest BCUT2D eigenvalue weighted by atomic mass is 10.3. The van der Waals surface area contributed by atoms with E-state index in [9.17, 15) is 9.18 Å². The highest BCUT2D eigenvalue weighted by Crippen LogP contribution is 2.32. The standard InChI is InChI=1S/C15H17BrFN5OS/c1-9(14(23)18-13-7-6-10(16)8-12(13)17)24-15-19-20-21-22(15)11-4-2-3-5-11/h6-9,11H,2-5H2,1H3,(H,18,23). The molecule has 1 aliphatic carbocycles. The van der Waals surface area contributed by atoms with Crippen LogP contribution in [0, 0.1) is 5.82 Å². The Labute approximate surface area is 151 Å². The van der Waals surface area contributed by atoms with Crippen molar-refractivity contribution >= 4 is 39.3 Å². The maximum atomic E-state index is 13.8. The minimum absolute atomic E-state index is 0.158. The van der Waals surface area contributed by atoms with Crippen LogP contribution in [-0.4, -0.2) is 31.4 Å². The zero-order chi connectivity index (χ0) is 17.1. The fraction of sp³-hybridized carbons (Fsp3) is 0.467. The van der Waals surface area contributed by atoms with Gasteiger partial charge in [0.25, 0.3) is 0 Å². The van der Waals surface area contributed by atoms with E-state index in [2.05, 4.69) is 36.8 Å². The number of halogens is 2. The number of anilines is 1. The van der Waals surface area contributed by atoms with E-state index in [0.717, 1.165) is 12.8 Å². The number of benzene rings is 1. The average Bonchev–Trinajstić information content (AvgIpc) is 3.20. The lowest BCUT2D eigenvalue weighted by Crippen LogP contribution is -2.23. The predicted molar refractivity (Wildman–Crippen MR) is 93.4 cm³/mol. The summed E-state index contributed by atoms with van der Waals surface area (Å²) in [6, 6.07) is 4.82. The van der Waals surface area contributed by atoms with E-state index in [1.807, 2.05) is 4.68 Å². The van der Waals surface area contributed by atoms with E-state index >= 15 is 0 Å². The molecule has 1 aromatic heterocycles. The van der Waals surface area contributed by atoms with Gasteiger partial charge in [0.15, 0.2) is 0 Å². The Hall–Kier alpha value is -1.48. The second-order valence-electron chi connectivity index (χ2n) is 5.72. The van der Waals surface area contributed by atoms with E-state index in [1.165, 1.54) is 36.7 Å². The first-order chi connectivity index (χ1) is 11.5. The molecule has 1 aromatic carbocycles. The third-order valence-corrected chi connectivity index (χ3v) is 5.51. The fourth-order valence-corrected chi connectivity index (χ4v) is 3.87. The van der Waals surface area contributed by atoms with Crippen molar-refractivity contribution in [2.45, 2.75) is 49.1 Å². The van der Waals surface area contributed by atoms with Crippen molar-refractivity contribution in [3.05, 3.63) is 28.5 Å². The summed E-state index contributed by atoms with van der Waals surface area (Å²) < 4.78 is 16.3. The summed E-state index contributed by atoms with van der Waals surface area (Å²) in [5.74, 6) is -0.770. The fourth-order valence-electron chi connectivity index (χ4n) is 2.68. The highest BCUT2D eigenvalue weighted by molar-refractivity contribution is 9.10. The van der Waals surface area contributed by atoms with Crippen LogP contribution in [0.15, 0.2) is 27.8 Å². The Morgan fingerprint density at radius 3 is 2.92 bits per heavy atom. The van der Waals surface area contributed by atoms with Gasteiger partial charge >= 0.3 is 0 Å². The summed E-state index contributed by atoms with van der Waals surface area (Å²) in [4.78, 5) is 12.3. The Balaban J connectivity index is 1.65. The van der Waals surface area contributed by atoms with Gasteiger partial charge in [-0.05, 0) is 48.4 Å². The number of aromatic nitrogens is 4. The van der Waals surface area contributed by atoms with Gasteiger partial charge in [0, 0.05) is 4.47 Å². The molecule has 0 bridgehead atoms. The number of hydrogen-bond donors (Lipinski definition) is 1. The van der Waals surface area contributed by atoms with Gasteiger partial charge in [-0.2, -0.15) is 0 Å². The van der Waals surface area contributed by atoms with Crippen molar-refractivity contribution in [2.75, 3.05) is 5.32 Å². The molecule has 3 rings (SSSR count). The van der Waals surface area contributed by atoms with Gasteiger partial charge < -0.3 is 5.32 Å². The summed E-state index contributed by atoms with van der Waals surface area (Å²) in [6.45, 7) is 1.75. The second kappa shape index (κ2) is 7.60. The summed E-state index contributed by atoms with van der Waals surface area (Å²) in [5.41, 5.74) is 0.158. The number of thioether (sulfide) groups is 1. The molecule has 6 nitrogen and oxygen atoms in total. The maximum absolute atomic E-state index is 13.8. The predicted octanol–water partition coefficient (Wildman–Crippen LogP) is 3.81. The van der Waals surface area contributed by atoms with Crippen LogP contribution in [-0.2, 0) is 4.79 Å². The number of nitrogens with one attached hydrogen (secondary N) is 1. The van der Waals surface area contributed by atoms with Gasteiger partial charge in [-0.3, -0.25) is 4.79 Å². The van der Waals surface area contributed by atoms with Crippen molar-refractivity contribution in [2.24, 2.45) is 0 Å². The quantitative estimate of drug-likeness (QED) is 0.754. The third kappa shape index (κ3) is 3.94. The van der Waals surface area contributed by atoms with E-state index in [0.29, 0.717) is 15.7 Å². The number of tetrazole rings is 1. The summed E-state index contributed by atoms with van der Waals surface area (Å²) in [5, 5.41) is 14.6. The normalized spacial score (nSPS) is 16.3. The largest absolute Gasteiger partial charge is 0.323 e. The van der Waals surface area contributed by atoms with E-state index < -0.39 is 11.1 Å². The summed E-state index contributed by atoms with van der Waals surface area (Å²) in [7, 11) is 0. The number of rotatable bonds is 5. The molecule has 1 fully saturated rings. The highest BCUT2D eigenvalue weighted by Gasteiger charge is 2.25. The van der Waals surface area contributed by atoms with Crippen LogP contribution >= 0.6 is 27.7 Å². The van der Waals surface area contributed by atoms with Crippen LogP contribution in [0.3, 0.4) is 0 Å². The van der Waals surface area contributed by atoms with Crippen LogP contribution < -0.4 is 5.32 Å². The minimum Gasteiger partial charge on any atom is -0.323 e. The molecular weight excluding hydrogens is 397 g/mol. The molecular formula is C15H17BrFN5OS. The molecule has 1 heterocycles. The Morgan fingerprint density at radius 1 is 1.46 bits per heavy atom. The van der Waals surface area contributed by atoms with Gasteiger partial charge in [0.1, 0.15) is 5.82 Å². The number of carbonyl (C=O) groups excluding carboxylic acids is 1. The van der Waals surface area contributed by atoms with Crippen molar-refractivity contribution in [3.8, 4) is 0 Å². The Kier molecular flexibility index (Phi) is 5.50. The smallest absolute Gasteiger partial charge is 0.237 e. The topological polar surface area (TPSA) is 72.7 Å². The minimum atomic E-state index is -0.481. The molecule has 24 heavy (non-hydrogen) atoms. The molecule has 1 N–H and O–H groups in total.